The molecule has 0 aliphatic carbocycles. The summed E-state index contributed by atoms with van der Waals surface area (Å²) >= 11 is 0. The normalized spacial score (nSPS) is 14.1. The van der Waals surface area contributed by atoms with Crippen LogP contribution in [-0.2, 0) is 0 Å². The molecule has 0 aliphatic rings. The molecule has 2 atom stereocenters. The Labute approximate surface area is 110 Å². The molecular formula is C15H25NO2. The summed E-state index contributed by atoms with van der Waals surface area (Å²) in [5.41, 5.74) is 1.20. The van der Waals surface area contributed by atoms with Crippen molar-refractivity contribution in [1.29, 1.82) is 0 Å². The molecule has 0 saturated carbocycles. The van der Waals surface area contributed by atoms with Crippen molar-refractivity contribution in [3.05, 3.63) is 23.8 Å². The lowest BCUT2D eigenvalue weighted by atomic mass is 10.1. The first kappa shape index (κ1) is 14.8. The van der Waals surface area contributed by atoms with Crippen molar-refractivity contribution in [2.24, 2.45) is 0 Å². The maximum Gasteiger partial charge on any atom is 0.161 e. The Hall–Kier alpha value is -1.22. The van der Waals surface area contributed by atoms with Gasteiger partial charge < -0.3 is 14.8 Å². The molecule has 3 heteroatoms. The Balaban J connectivity index is 2.86. The molecule has 0 aromatic heterocycles. The second kappa shape index (κ2) is 7.27. The van der Waals surface area contributed by atoms with Crippen molar-refractivity contribution < 1.29 is 9.47 Å². The van der Waals surface area contributed by atoms with Gasteiger partial charge in [0.1, 0.15) is 0 Å². The quantitative estimate of drug-likeness (QED) is 0.804. The van der Waals surface area contributed by atoms with Gasteiger partial charge in [-0.15, -0.1) is 0 Å². The monoisotopic (exact) mass is 251 g/mol. The van der Waals surface area contributed by atoms with E-state index in [9.17, 15) is 0 Å². The Kier molecular flexibility index (Phi) is 5.99. The summed E-state index contributed by atoms with van der Waals surface area (Å²) in [6.07, 6.45) is 2.40. The summed E-state index contributed by atoms with van der Waals surface area (Å²) in [5.74, 6) is 1.63. The van der Waals surface area contributed by atoms with Crippen LogP contribution in [-0.4, -0.2) is 20.3 Å². The predicted octanol–water partition coefficient (Wildman–Crippen LogP) is 3.54. The maximum atomic E-state index is 5.90. The van der Waals surface area contributed by atoms with Crippen molar-refractivity contribution in [1.82, 2.24) is 5.32 Å². The van der Waals surface area contributed by atoms with Crippen LogP contribution in [0.2, 0.25) is 0 Å². The van der Waals surface area contributed by atoms with E-state index >= 15 is 0 Å². The molecule has 2 unspecified atom stereocenters. The average Bonchev–Trinajstić information content (AvgIpc) is 2.38. The smallest absolute Gasteiger partial charge is 0.161 e. The fourth-order valence-corrected chi connectivity index (χ4v) is 1.90. The molecule has 0 bridgehead atoms. The average molecular weight is 251 g/mol. The Bertz CT molecular complexity index is 366. The van der Waals surface area contributed by atoms with Gasteiger partial charge in [-0.1, -0.05) is 19.4 Å². The molecule has 1 N–H and O–H groups in total. The molecule has 1 aromatic carbocycles. The number of rotatable bonds is 7. The lowest BCUT2D eigenvalue weighted by molar-refractivity contribution is 0.200. The van der Waals surface area contributed by atoms with Crippen LogP contribution in [0, 0.1) is 0 Å². The van der Waals surface area contributed by atoms with Crippen LogP contribution in [0.15, 0.2) is 18.2 Å². The molecule has 1 rings (SSSR count). The molecular weight excluding hydrogens is 226 g/mol. The van der Waals surface area contributed by atoms with E-state index in [0.717, 1.165) is 24.3 Å². The number of ether oxygens (including phenoxy) is 2. The highest BCUT2D eigenvalue weighted by Crippen LogP contribution is 2.31. The van der Waals surface area contributed by atoms with E-state index in [1.54, 1.807) is 7.11 Å². The summed E-state index contributed by atoms with van der Waals surface area (Å²) in [7, 11) is 3.63. The fraction of sp³-hybridized carbons (Fsp3) is 0.600. The summed E-state index contributed by atoms with van der Waals surface area (Å²) < 4.78 is 11.3. The van der Waals surface area contributed by atoms with Crippen LogP contribution in [0.25, 0.3) is 0 Å². The Morgan fingerprint density at radius 2 is 1.94 bits per heavy atom. The third-order valence-corrected chi connectivity index (χ3v) is 3.14. The fourth-order valence-electron chi connectivity index (χ4n) is 1.90. The third kappa shape index (κ3) is 3.91. The third-order valence-electron chi connectivity index (χ3n) is 3.14. The first-order valence-corrected chi connectivity index (χ1v) is 6.64. The van der Waals surface area contributed by atoms with Gasteiger partial charge in [-0.3, -0.25) is 0 Å². The summed E-state index contributed by atoms with van der Waals surface area (Å²) in [6.45, 7) is 6.37. The number of benzene rings is 1. The number of methoxy groups -OCH3 is 1. The molecule has 0 radical (unpaired) electrons. The number of nitrogens with one attached hydrogen (secondary N) is 1. The molecule has 0 saturated heterocycles. The van der Waals surface area contributed by atoms with Gasteiger partial charge in [0.05, 0.1) is 13.2 Å². The van der Waals surface area contributed by atoms with E-state index in [1.165, 1.54) is 5.56 Å². The second-order valence-corrected chi connectivity index (χ2v) is 4.64. The molecule has 0 heterocycles. The lowest BCUT2D eigenvalue weighted by Gasteiger charge is -2.18. The van der Waals surface area contributed by atoms with Gasteiger partial charge in [0, 0.05) is 6.04 Å². The van der Waals surface area contributed by atoms with E-state index in [4.69, 9.17) is 9.47 Å². The molecule has 0 spiro atoms. The van der Waals surface area contributed by atoms with Gasteiger partial charge in [0.15, 0.2) is 11.5 Å². The number of hydrogen-bond acceptors (Lipinski definition) is 3. The van der Waals surface area contributed by atoms with Gasteiger partial charge in [-0.05, 0) is 45.0 Å². The van der Waals surface area contributed by atoms with Gasteiger partial charge >= 0.3 is 0 Å². The highest BCUT2D eigenvalue weighted by molar-refractivity contribution is 5.43. The highest BCUT2D eigenvalue weighted by atomic mass is 16.5. The summed E-state index contributed by atoms with van der Waals surface area (Å²) in [4.78, 5) is 0. The van der Waals surface area contributed by atoms with Crippen LogP contribution in [0.3, 0.4) is 0 Å². The van der Waals surface area contributed by atoms with E-state index in [-0.39, 0.29) is 6.10 Å². The first-order valence-electron chi connectivity index (χ1n) is 6.64. The van der Waals surface area contributed by atoms with Gasteiger partial charge in [-0.2, -0.15) is 0 Å². The van der Waals surface area contributed by atoms with Crippen molar-refractivity contribution in [3.63, 3.8) is 0 Å². The zero-order valence-corrected chi connectivity index (χ0v) is 12.1. The highest BCUT2D eigenvalue weighted by Gasteiger charge is 2.11. The zero-order chi connectivity index (χ0) is 13.5. The van der Waals surface area contributed by atoms with Crippen molar-refractivity contribution in [2.45, 2.75) is 45.8 Å². The standard InChI is InChI=1S/C15H25NO2/c1-6-7-11(2)18-14-9-8-13(12(3)16-4)10-15(14)17-5/h8-12,16H,6-7H2,1-5H3. The van der Waals surface area contributed by atoms with Crippen LogP contribution >= 0.6 is 0 Å². The van der Waals surface area contributed by atoms with E-state index in [2.05, 4.69) is 32.2 Å². The van der Waals surface area contributed by atoms with Crippen molar-refractivity contribution in [2.75, 3.05) is 14.2 Å². The topological polar surface area (TPSA) is 30.5 Å². The van der Waals surface area contributed by atoms with Crippen molar-refractivity contribution in [3.8, 4) is 11.5 Å². The molecule has 1 aromatic rings. The number of hydrogen-bond donors (Lipinski definition) is 1. The SMILES string of the molecule is CCCC(C)Oc1ccc(C(C)NC)cc1OC. The van der Waals surface area contributed by atoms with E-state index in [0.29, 0.717) is 6.04 Å². The summed E-state index contributed by atoms with van der Waals surface area (Å²) in [5, 5.41) is 3.22. The summed E-state index contributed by atoms with van der Waals surface area (Å²) in [6, 6.07) is 6.42. The Morgan fingerprint density at radius 1 is 1.22 bits per heavy atom. The minimum Gasteiger partial charge on any atom is -0.493 e. The van der Waals surface area contributed by atoms with E-state index in [1.807, 2.05) is 19.2 Å². The lowest BCUT2D eigenvalue weighted by Crippen LogP contribution is -2.14. The maximum absolute atomic E-state index is 5.90. The minimum atomic E-state index is 0.219. The van der Waals surface area contributed by atoms with Gasteiger partial charge in [0.2, 0.25) is 0 Å². The minimum absolute atomic E-state index is 0.219. The molecule has 0 amide bonds. The van der Waals surface area contributed by atoms with E-state index < -0.39 is 0 Å². The van der Waals surface area contributed by atoms with Crippen molar-refractivity contribution >= 4 is 0 Å². The van der Waals surface area contributed by atoms with Crippen LogP contribution in [0.5, 0.6) is 11.5 Å². The molecule has 0 aliphatic heterocycles. The second-order valence-electron chi connectivity index (χ2n) is 4.64. The van der Waals surface area contributed by atoms with Gasteiger partial charge in [0.25, 0.3) is 0 Å². The molecule has 18 heavy (non-hydrogen) atoms. The Morgan fingerprint density at radius 3 is 2.50 bits per heavy atom. The zero-order valence-electron chi connectivity index (χ0n) is 12.1. The first-order chi connectivity index (χ1) is 8.62. The molecule has 0 fully saturated rings. The van der Waals surface area contributed by atoms with Gasteiger partial charge in [-0.25, -0.2) is 0 Å². The van der Waals surface area contributed by atoms with Crippen LogP contribution in [0.4, 0.5) is 0 Å². The van der Waals surface area contributed by atoms with Crippen LogP contribution in [0.1, 0.15) is 45.2 Å². The van der Waals surface area contributed by atoms with Crippen LogP contribution < -0.4 is 14.8 Å². The molecule has 102 valence electrons. The molecule has 3 nitrogen and oxygen atoms in total. The predicted molar refractivity (Wildman–Crippen MR) is 75.5 cm³/mol. The largest absolute Gasteiger partial charge is 0.493 e.